The average Bonchev–Trinajstić information content (AvgIpc) is 3.13. The zero-order valence-electron chi connectivity index (χ0n) is 13.5. The molecule has 2 heterocycles. The van der Waals surface area contributed by atoms with Gasteiger partial charge in [-0.15, -0.1) is 11.3 Å². The number of nitrogens with zero attached hydrogens (tertiary/aromatic N) is 2. The van der Waals surface area contributed by atoms with Crippen LogP contribution < -0.4 is 11.0 Å². The SMILES string of the molecule is Cc1csc(CCNC(=O)c2ccc(-n3c(C)c[nH]c3=O)cc2)n1. The van der Waals surface area contributed by atoms with Gasteiger partial charge >= 0.3 is 5.69 Å². The van der Waals surface area contributed by atoms with Gasteiger partial charge < -0.3 is 10.3 Å². The summed E-state index contributed by atoms with van der Waals surface area (Å²) >= 11 is 1.60. The molecule has 0 spiro atoms. The van der Waals surface area contributed by atoms with Crippen molar-refractivity contribution >= 4 is 17.2 Å². The van der Waals surface area contributed by atoms with Gasteiger partial charge in [-0.1, -0.05) is 0 Å². The van der Waals surface area contributed by atoms with E-state index >= 15 is 0 Å². The summed E-state index contributed by atoms with van der Waals surface area (Å²) in [6.45, 7) is 4.35. The number of aryl methyl sites for hydroxylation is 2. The number of hydrogen-bond donors (Lipinski definition) is 2. The molecule has 24 heavy (non-hydrogen) atoms. The molecule has 6 nitrogen and oxygen atoms in total. The van der Waals surface area contributed by atoms with E-state index in [2.05, 4.69) is 15.3 Å². The minimum absolute atomic E-state index is 0.132. The Morgan fingerprint density at radius 1 is 1.29 bits per heavy atom. The standard InChI is InChI=1S/C17H18N4O2S/c1-11-10-24-15(20-11)7-8-18-16(22)13-3-5-14(6-4-13)21-12(2)9-19-17(21)23/h3-6,9-10H,7-8H2,1-2H3,(H,18,22)(H,19,23). The number of nitrogens with one attached hydrogen (secondary N) is 2. The van der Waals surface area contributed by atoms with Crippen molar-refractivity contribution in [2.24, 2.45) is 0 Å². The smallest absolute Gasteiger partial charge is 0.330 e. The molecule has 124 valence electrons. The third-order valence-electron chi connectivity index (χ3n) is 3.64. The second-order valence-electron chi connectivity index (χ2n) is 5.51. The van der Waals surface area contributed by atoms with Crippen molar-refractivity contribution in [1.29, 1.82) is 0 Å². The number of aromatic nitrogens is 3. The second kappa shape index (κ2) is 6.84. The van der Waals surface area contributed by atoms with Crippen LogP contribution in [0.25, 0.3) is 5.69 Å². The number of thiazole rings is 1. The number of benzene rings is 1. The van der Waals surface area contributed by atoms with Crippen LogP contribution >= 0.6 is 11.3 Å². The maximum absolute atomic E-state index is 12.2. The van der Waals surface area contributed by atoms with Gasteiger partial charge in [0, 0.05) is 41.5 Å². The normalized spacial score (nSPS) is 10.8. The third-order valence-corrected chi connectivity index (χ3v) is 4.67. The van der Waals surface area contributed by atoms with Gasteiger partial charge in [0.15, 0.2) is 0 Å². The van der Waals surface area contributed by atoms with Crippen LogP contribution in [0.2, 0.25) is 0 Å². The van der Waals surface area contributed by atoms with E-state index in [9.17, 15) is 9.59 Å². The van der Waals surface area contributed by atoms with Crippen molar-refractivity contribution in [3.63, 3.8) is 0 Å². The summed E-state index contributed by atoms with van der Waals surface area (Å²) in [5, 5.41) is 5.91. The monoisotopic (exact) mass is 342 g/mol. The highest BCUT2D eigenvalue weighted by Crippen LogP contribution is 2.11. The van der Waals surface area contributed by atoms with Gasteiger partial charge in [0.1, 0.15) is 0 Å². The Morgan fingerprint density at radius 3 is 2.62 bits per heavy atom. The van der Waals surface area contributed by atoms with E-state index in [0.717, 1.165) is 28.5 Å². The van der Waals surface area contributed by atoms with Crippen LogP contribution in [0.1, 0.15) is 26.8 Å². The summed E-state index contributed by atoms with van der Waals surface area (Å²) in [4.78, 5) is 30.9. The fourth-order valence-electron chi connectivity index (χ4n) is 2.44. The van der Waals surface area contributed by atoms with Crippen molar-refractivity contribution in [2.75, 3.05) is 6.54 Å². The molecule has 0 atom stereocenters. The molecule has 0 unspecified atom stereocenters. The van der Waals surface area contributed by atoms with Gasteiger partial charge in [-0.3, -0.25) is 9.36 Å². The predicted octanol–water partition coefficient (Wildman–Crippen LogP) is 2.21. The number of amides is 1. The Balaban J connectivity index is 1.62. The minimum Gasteiger partial charge on any atom is -0.352 e. The Labute approximate surface area is 143 Å². The second-order valence-corrected chi connectivity index (χ2v) is 6.45. The Kier molecular flexibility index (Phi) is 4.61. The lowest BCUT2D eigenvalue weighted by atomic mass is 10.2. The van der Waals surface area contributed by atoms with Crippen molar-refractivity contribution in [1.82, 2.24) is 19.9 Å². The fraction of sp³-hybridized carbons (Fsp3) is 0.235. The molecule has 1 amide bonds. The van der Waals surface area contributed by atoms with E-state index in [1.165, 1.54) is 0 Å². The quantitative estimate of drug-likeness (QED) is 0.746. The molecular formula is C17H18N4O2S. The van der Waals surface area contributed by atoms with E-state index < -0.39 is 0 Å². The van der Waals surface area contributed by atoms with Gasteiger partial charge in [-0.25, -0.2) is 9.78 Å². The highest BCUT2D eigenvalue weighted by Gasteiger charge is 2.08. The summed E-state index contributed by atoms with van der Waals surface area (Å²) in [6, 6.07) is 6.97. The van der Waals surface area contributed by atoms with Gasteiger partial charge in [-0.2, -0.15) is 0 Å². The third kappa shape index (κ3) is 3.46. The van der Waals surface area contributed by atoms with Crippen LogP contribution in [-0.2, 0) is 6.42 Å². The summed E-state index contributed by atoms with van der Waals surface area (Å²) in [7, 11) is 0. The molecule has 7 heteroatoms. The molecule has 1 aromatic carbocycles. The van der Waals surface area contributed by atoms with Crippen LogP contribution in [0, 0.1) is 13.8 Å². The molecule has 0 saturated heterocycles. The minimum atomic E-state index is -0.191. The summed E-state index contributed by atoms with van der Waals surface area (Å²) in [5.41, 5.74) is 2.93. The molecule has 3 aromatic rings. The van der Waals surface area contributed by atoms with Crippen molar-refractivity contribution in [2.45, 2.75) is 20.3 Å². The highest BCUT2D eigenvalue weighted by atomic mass is 32.1. The number of imidazole rings is 1. The zero-order valence-corrected chi connectivity index (χ0v) is 14.3. The maximum Gasteiger partial charge on any atom is 0.330 e. The number of aromatic amines is 1. The van der Waals surface area contributed by atoms with Gasteiger partial charge in [0.2, 0.25) is 0 Å². The molecule has 2 N–H and O–H groups in total. The van der Waals surface area contributed by atoms with Crippen molar-refractivity contribution < 1.29 is 4.79 Å². The fourth-order valence-corrected chi connectivity index (χ4v) is 3.22. The van der Waals surface area contributed by atoms with Crippen molar-refractivity contribution in [3.8, 4) is 5.69 Å². The number of carbonyl (C=O) groups excluding carboxylic acids is 1. The summed E-state index contributed by atoms with van der Waals surface area (Å²) in [6.07, 6.45) is 2.38. The summed E-state index contributed by atoms with van der Waals surface area (Å²) in [5.74, 6) is -0.132. The predicted molar refractivity (Wildman–Crippen MR) is 94.0 cm³/mol. The molecule has 0 fully saturated rings. The molecule has 3 rings (SSSR count). The first kappa shape index (κ1) is 16.2. The van der Waals surface area contributed by atoms with Crippen LogP contribution in [0.5, 0.6) is 0 Å². The number of carbonyl (C=O) groups is 1. The highest BCUT2D eigenvalue weighted by molar-refractivity contribution is 7.09. The van der Waals surface area contributed by atoms with E-state index in [0.29, 0.717) is 12.1 Å². The summed E-state index contributed by atoms with van der Waals surface area (Å²) < 4.78 is 1.56. The first-order chi connectivity index (χ1) is 11.5. The molecule has 0 aliphatic heterocycles. The maximum atomic E-state index is 12.2. The largest absolute Gasteiger partial charge is 0.352 e. The number of hydrogen-bond acceptors (Lipinski definition) is 4. The van der Waals surface area contributed by atoms with Crippen LogP contribution in [0.3, 0.4) is 0 Å². The molecular weight excluding hydrogens is 324 g/mol. The van der Waals surface area contributed by atoms with E-state index in [1.54, 1.807) is 46.4 Å². The van der Waals surface area contributed by atoms with E-state index in [4.69, 9.17) is 0 Å². The Hall–Kier alpha value is -2.67. The molecule has 0 saturated carbocycles. The van der Waals surface area contributed by atoms with Gasteiger partial charge in [0.25, 0.3) is 5.91 Å². The first-order valence-corrected chi connectivity index (χ1v) is 8.49. The number of rotatable bonds is 5. The van der Waals surface area contributed by atoms with E-state index in [1.807, 2.05) is 19.2 Å². The van der Waals surface area contributed by atoms with Crippen LogP contribution in [-0.4, -0.2) is 27.0 Å². The topological polar surface area (TPSA) is 79.8 Å². The molecule has 0 aliphatic carbocycles. The zero-order chi connectivity index (χ0) is 17.1. The van der Waals surface area contributed by atoms with Gasteiger partial charge in [0.05, 0.1) is 10.7 Å². The molecule has 0 bridgehead atoms. The number of H-pyrrole nitrogens is 1. The Morgan fingerprint density at radius 2 is 2.04 bits per heavy atom. The molecule has 0 radical (unpaired) electrons. The molecule has 2 aromatic heterocycles. The van der Waals surface area contributed by atoms with Crippen LogP contribution in [0.4, 0.5) is 0 Å². The van der Waals surface area contributed by atoms with Crippen molar-refractivity contribution in [3.05, 3.63) is 68.3 Å². The van der Waals surface area contributed by atoms with E-state index in [-0.39, 0.29) is 11.6 Å². The van der Waals surface area contributed by atoms with Crippen LogP contribution in [0.15, 0.2) is 40.6 Å². The first-order valence-electron chi connectivity index (χ1n) is 7.61. The lowest BCUT2D eigenvalue weighted by molar-refractivity contribution is 0.0954. The molecule has 0 aliphatic rings. The average molecular weight is 342 g/mol. The van der Waals surface area contributed by atoms with Gasteiger partial charge in [-0.05, 0) is 38.1 Å². The lowest BCUT2D eigenvalue weighted by Crippen LogP contribution is -2.25. The lowest BCUT2D eigenvalue weighted by Gasteiger charge is -2.07. The Bertz CT molecular complexity index is 905.